The molecule has 3 aromatic carbocycles. The highest BCUT2D eigenvalue weighted by Gasteiger charge is 2.24. The van der Waals surface area contributed by atoms with Crippen LogP contribution in [0.2, 0.25) is 5.02 Å². The normalized spacial score (nSPS) is 12.6. The summed E-state index contributed by atoms with van der Waals surface area (Å²) in [5, 5.41) is 25.0. The van der Waals surface area contributed by atoms with Crippen LogP contribution in [0.25, 0.3) is 16.8 Å². The van der Waals surface area contributed by atoms with Crippen molar-refractivity contribution in [2.24, 2.45) is 0 Å². The van der Waals surface area contributed by atoms with Gasteiger partial charge in [-0.1, -0.05) is 60.1 Å². The fourth-order valence-corrected chi connectivity index (χ4v) is 4.13. The molecule has 1 heterocycles. The number of carboxylic acids is 1. The third kappa shape index (κ3) is 6.32. The zero-order valence-corrected chi connectivity index (χ0v) is 20.2. The number of amides is 1. The number of benzene rings is 3. The summed E-state index contributed by atoms with van der Waals surface area (Å²) in [6.07, 6.45) is -1.77. The maximum absolute atomic E-state index is 14.1. The standard InChI is InChI=1S/C27H23ClFN3O5/c28-19-5-3-4-18(13-19)17-10-8-16(9-11-17)12-20(14-24(33)27(36)37)30-26(35)22-15-25(34)32(31-22)23-7-2-1-6-21(23)29/h1-11,13,15,20,24,31,33H,12,14H2,(H,30,35)(H,36,37)/t20-,24-/m1/s1. The molecule has 0 saturated heterocycles. The maximum Gasteiger partial charge on any atom is 0.332 e. The van der Waals surface area contributed by atoms with Crippen molar-refractivity contribution >= 4 is 23.5 Å². The number of carboxylic acid groups (broad SMARTS) is 1. The van der Waals surface area contributed by atoms with Crippen molar-refractivity contribution in [3.8, 4) is 16.8 Å². The molecule has 4 rings (SSSR count). The molecule has 190 valence electrons. The van der Waals surface area contributed by atoms with Crippen molar-refractivity contribution in [2.75, 3.05) is 0 Å². The molecule has 10 heteroatoms. The van der Waals surface area contributed by atoms with Gasteiger partial charge in [0.05, 0.1) is 0 Å². The molecular formula is C27H23ClFN3O5. The second-order valence-corrected chi connectivity index (χ2v) is 8.90. The third-order valence-corrected chi connectivity index (χ3v) is 6.02. The third-order valence-electron chi connectivity index (χ3n) is 5.78. The van der Waals surface area contributed by atoms with Gasteiger partial charge in [0.15, 0.2) is 6.10 Å². The average molecular weight is 524 g/mol. The van der Waals surface area contributed by atoms with Crippen LogP contribution in [-0.2, 0) is 11.2 Å². The number of aliphatic hydroxyl groups excluding tert-OH is 1. The first kappa shape index (κ1) is 25.9. The lowest BCUT2D eigenvalue weighted by Crippen LogP contribution is -2.40. The number of aromatic amines is 1. The van der Waals surface area contributed by atoms with Crippen molar-refractivity contribution in [2.45, 2.75) is 25.0 Å². The van der Waals surface area contributed by atoms with Crippen molar-refractivity contribution in [3.63, 3.8) is 0 Å². The number of hydrogen-bond donors (Lipinski definition) is 4. The highest BCUT2D eigenvalue weighted by molar-refractivity contribution is 6.30. The van der Waals surface area contributed by atoms with E-state index in [0.29, 0.717) is 5.02 Å². The number of aliphatic hydroxyl groups is 1. The molecule has 0 unspecified atom stereocenters. The van der Waals surface area contributed by atoms with Crippen LogP contribution in [0.4, 0.5) is 4.39 Å². The highest BCUT2D eigenvalue weighted by Crippen LogP contribution is 2.23. The van der Waals surface area contributed by atoms with E-state index in [1.54, 1.807) is 12.1 Å². The van der Waals surface area contributed by atoms with Crippen LogP contribution in [0, 0.1) is 5.82 Å². The zero-order valence-electron chi connectivity index (χ0n) is 19.4. The second-order valence-electron chi connectivity index (χ2n) is 8.47. The van der Waals surface area contributed by atoms with E-state index in [1.807, 2.05) is 42.5 Å². The topological polar surface area (TPSA) is 124 Å². The Kier molecular flexibility index (Phi) is 7.86. The summed E-state index contributed by atoms with van der Waals surface area (Å²) in [5.74, 6) is -2.78. The van der Waals surface area contributed by atoms with Gasteiger partial charge in [-0.3, -0.25) is 14.7 Å². The monoisotopic (exact) mass is 523 g/mol. The fraction of sp³-hybridized carbons (Fsp3) is 0.148. The molecule has 0 aliphatic carbocycles. The van der Waals surface area contributed by atoms with E-state index in [9.17, 15) is 23.9 Å². The first-order chi connectivity index (χ1) is 17.7. The van der Waals surface area contributed by atoms with Crippen LogP contribution in [-0.4, -0.2) is 44.0 Å². The van der Waals surface area contributed by atoms with Crippen molar-refractivity contribution in [3.05, 3.63) is 111 Å². The molecule has 0 saturated carbocycles. The second kappa shape index (κ2) is 11.2. The van der Waals surface area contributed by atoms with E-state index in [0.717, 1.165) is 27.4 Å². The van der Waals surface area contributed by atoms with Crippen molar-refractivity contribution in [1.29, 1.82) is 0 Å². The van der Waals surface area contributed by atoms with Crippen LogP contribution in [0.5, 0.6) is 0 Å². The number of rotatable bonds is 9. The van der Waals surface area contributed by atoms with Gasteiger partial charge >= 0.3 is 5.97 Å². The maximum atomic E-state index is 14.1. The summed E-state index contributed by atoms with van der Waals surface area (Å²) < 4.78 is 15.0. The van der Waals surface area contributed by atoms with Gasteiger partial charge in [-0.25, -0.2) is 13.9 Å². The minimum absolute atomic E-state index is 0.0517. The molecule has 0 fully saturated rings. The number of aliphatic carboxylic acids is 1. The van der Waals surface area contributed by atoms with Gasteiger partial charge in [-0.15, -0.1) is 0 Å². The predicted octanol–water partition coefficient (Wildman–Crippen LogP) is 3.80. The molecule has 0 aliphatic rings. The van der Waals surface area contributed by atoms with E-state index < -0.39 is 35.4 Å². The zero-order chi connectivity index (χ0) is 26.5. The van der Waals surface area contributed by atoms with Crippen molar-refractivity contribution < 1.29 is 24.2 Å². The summed E-state index contributed by atoms with van der Waals surface area (Å²) >= 11 is 6.07. The summed E-state index contributed by atoms with van der Waals surface area (Å²) in [4.78, 5) is 36.5. The summed E-state index contributed by atoms with van der Waals surface area (Å²) in [7, 11) is 0. The van der Waals surface area contributed by atoms with E-state index in [4.69, 9.17) is 16.7 Å². The van der Waals surface area contributed by atoms with Crippen LogP contribution >= 0.6 is 11.6 Å². The highest BCUT2D eigenvalue weighted by atomic mass is 35.5. The Morgan fingerprint density at radius 1 is 1.00 bits per heavy atom. The Bertz CT molecular complexity index is 1480. The van der Waals surface area contributed by atoms with Crippen molar-refractivity contribution in [1.82, 2.24) is 15.1 Å². The van der Waals surface area contributed by atoms with Crippen LogP contribution < -0.4 is 10.9 Å². The fourth-order valence-electron chi connectivity index (χ4n) is 3.94. The lowest BCUT2D eigenvalue weighted by Gasteiger charge is -2.20. The number of H-pyrrole nitrogens is 1. The van der Waals surface area contributed by atoms with Gasteiger partial charge in [-0.2, -0.15) is 0 Å². The van der Waals surface area contributed by atoms with E-state index in [2.05, 4.69) is 10.4 Å². The first-order valence-corrected chi connectivity index (χ1v) is 11.7. The number of nitrogens with zero attached hydrogens (tertiary/aromatic N) is 1. The molecule has 0 bridgehead atoms. The number of carbonyl (C=O) groups excluding carboxylic acids is 1. The molecule has 2 atom stereocenters. The SMILES string of the molecule is O=C(N[C@H](Cc1ccc(-c2cccc(Cl)c2)cc1)C[C@@H](O)C(=O)O)c1cc(=O)n(-c2ccccc2F)[nH]1. The lowest BCUT2D eigenvalue weighted by atomic mass is 9.97. The lowest BCUT2D eigenvalue weighted by molar-refractivity contribution is -0.147. The van der Waals surface area contributed by atoms with Gasteiger partial charge in [-0.05, 0) is 47.4 Å². The summed E-state index contributed by atoms with van der Waals surface area (Å²) in [5.41, 5.74) is 1.79. The predicted molar refractivity (Wildman–Crippen MR) is 136 cm³/mol. The molecular weight excluding hydrogens is 501 g/mol. The molecule has 1 amide bonds. The molecule has 4 N–H and O–H groups in total. The van der Waals surface area contributed by atoms with Gasteiger partial charge in [0.2, 0.25) is 0 Å². The number of carbonyl (C=O) groups is 2. The Morgan fingerprint density at radius 3 is 2.41 bits per heavy atom. The molecule has 1 aromatic heterocycles. The number of para-hydroxylation sites is 1. The summed E-state index contributed by atoms with van der Waals surface area (Å²) in [6.45, 7) is 0. The van der Waals surface area contributed by atoms with E-state index >= 15 is 0 Å². The van der Waals surface area contributed by atoms with Gasteiger partial charge < -0.3 is 15.5 Å². The van der Waals surface area contributed by atoms with E-state index in [1.165, 1.54) is 18.2 Å². The average Bonchev–Trinajstić information content (AvgIpc) is 3.26. The minimum Gasteiger partial charge on any atom is -0.479 e. The summed E-state index contributed by atoms with van der Waals surface area (Å²) in [6, 6.07) is 20.6. The van der Waals surface area contributed by atoms with Crippen LogP contribution in [0.1, 0.15) is 22.5 Å². The van der Waals surface area contributed by atoms with Crippen LogP contribution in [0.15, 0.2) is 83.7 Å². The quantitative estimate of drug-likeness (QED) is 0.265. The van der Waals surface area contributed by atoms with Gasteiger partial charge in [0.25, 0.3) is 11.5 Å². The Morgan fingerprint density at radius 2 is 1.73 bits per heavy atom. The van der Waals surface area contributed by atoms with Gasteiger partial charge in [0, 0.05) is 23.6 Å². The molecule has 37 heavy (non-hydrogen) atoms. The number of halogens is 2. The Balaban J connectivity index is 1.53. The number of aromatic nitrogens is 2. The molecule has 0 spiro atoms. The molecule has 0 radical (unpaired) electrons. The largest absolute Gasteiger partial charge is 0.479 e. The molecule has 4 aromatic rings. The smallest absolute Gasteiger partial charge is 0.332 e. The molecule has 0 aliphatic heterocycles. The van der Waals surface area contributed by atoms with Crippen LogP contribution in [0.3, 0.4) is 0 Å². The number of nitrogens with one attached hydrogen (secondary N) is 2. The first-order valence-electron chi connectivity index (χ1n) is 11.3. The minimum atomic E-state index is -1.71. The van der Waals surface area contributed by atoms with E-state index in [-0.39, 0.29) is 24.2 Å². The van der Waals surface area contributed by atoms with Gasteiger partial charge in [0.1, 0.15) is 17.2 Å². The Labute approximate surface area is 215 Å². The molecule has 8 nitrogen and oxygen atoms in total. The number of hydrogen-bond acceptors (Lipinski definition) is 4. The Hall–Kier alpha value is -4.21.